The average Bonchev–Trinajstić information content (AvgIpc) is 2.17. The molecule has 1 heterocycles. The zero-order valence-corrected chi connectivity index (χ0v) is 10.0. The van der Waals surface area contributed by atoms with Gasteiger partial charge >= 0.3 is 5.97 Å². The minimum absolute atomic E-state index is 0.0584. The van der Waals surface area contributed by atoms with Crippen LogP contribution in [0.2, 0.25) is 0 Å². The summed E-state index contributed by atoms with van der Waals surface area (Å²) < 4.78 is 33.3. The monoisotopic (exact) mass is 251 g/mol. The molecule has 2 atom stereocenters. The van der Waals surface area contributed by atoms with Crippen molar-refractivity contribution in [2.24, 2.45) is 5.73 Å². The molecule has 0 aromatic rings. The average molecular weight is 251 g/mol. The van der Waals surface area contributed by atoms with Gasteiger partial charge in [0, 0.05) is 12.6 Å². The molecule has 6 nitrogen and oxygen atoms in total. The predicted octanol–water partition coefficient (Wildman–Crippen LogP) is -0.919. The van der Waals surface area contributed by atoms with Crippen LogP contribution in [0, 0.1) is 0 Å². The fourth-order valence-electron chi connectivity index (χ4n) is 1.57. The molecule has 1 aliphatic heterocycles. The van der Waals surface area contributed by atoms with Crippen LogP contribution in [0.4, 0.5) is 0 Å². The van der Waals surface area contributed by atoms with Crippen molar-refractivity contribution in [2.45, 2.75) is 24.6 Å². The molecule has 7 heteroatoms. The Kier molecular flexibility index (Phi) is 4.69. The van der Waals surface area contributed by atoms with Crippen LogP contribution in [-0.4, -0.2) is 51.3 Å². The molecule has 0 spiro atoms. The van der Waals surface area contributed by atoms with Gasteiger partial charge in [-0.3, -0.25) is 4.79 Å². The van der Waals surface area contributed by atoms with Crippen molar-refractivity contribution < 1.29 is 22.7 Å². The van der Waals surface area contributed by atoms with E-state index in [-0.39, 0.29) is 13.2 Å². The van der Waals surface area contributed by atoms with Gasteiger partial charge in [-0.1, -0.05) is 0 Å². The number of ether oxygens (including phenoxy) is 2. The van der Waals surface area contributed by atoms with Crippen LogP contribution in [-0.2, 0) is 24.1 Å². The van der Waals surface area contributed by atoms with Gasteiger partial charge in [0.1, 0.15) is 11.0 Å². The topological polar surface area (TPSA) is 95.7 Å². The molecule has 0 radical (unpaired) electrons. The largest absolute Gasteiger partial charge is 0.465 e. The van der Waals surface area contributed by atoms with E-state index in [1.807, 2.05) is 0 Å². The van der Waals surface area contributed by atoms with E-state index >= 15 is 0 Å². The van der Waals surface area contributed by atoms with Gasteiger partial charge < -0.3 is 15.2 Å². The van der Waals surface area contributed by atoms with Crippen molar-refractivity contribution in [2.75, 3.05) is 25.6 Å². The zero-order chi connectivity index (χ0) is 12.2. The van der Waals surface area contributed by atoms with Crippen LogP contribution in [0.15, 0.2) is 0 Å². The summed E-state index contributed by atoms with van der Waals surface area (Å²) in [6, 6.07) is -0.465. The van der Waals surface area contributed by atoms with Gasteiger partial charge in [0.05, 0.1) is 13.2 Å². The molecule has 1 saturated heterocycles. The summed E-state index contributed by atoms with van der Waals surface area (Å²) in [5.41, 5.74) is 5.70. The number of hydrogen-bond donors (Lipinski definition) is 1. The lowest BCUT2D eigenvalue weighted by atomic mass is 10.1. The van der Waals surface area contributed by atoms with Crippen molar-refractivity contribution in [3.05, 3.63) is 0 Å². The third-order valence-electron chi connectivity index (χ3n) is 2.44. The molecule has 2 unspecified atom stereocenters. The Bertz CT molecular complexity index is 340. The molecule has 0 aliphatic carbocycles. The Labute approximate surface area is 95.0 Å². The summed E-state index contributed by atoms with van der Waals surface area (Å²) in [5.74, 6) is -1.36. The Balaban J connectivity index is 2.65. The van der Waals surface area contributed by atoms with Crippen LogP contribution in [0.3, 0.4) is 0 Å². The standard InChI is InChI=1S/C9H17NO5S/c1-2-15-9(11)6-16(12,13)8-5-14-4-3-7(8)10/h7-8H,2-6,10H2,1H3. The van der Waals surface area contributed by atoms with E-state index in [1.54, 1.807) is 6.92 Å². The molecule has 2 N–H and O–H groups in total. The molecule has 0 saturated carbocycles. The zero-order valence-electron chi connectivity index (χ0n) is 9.22. The second-order valence-corrected chi connectivity index (χ2v) is 5.90. The summed E-state index contributed by atoms with van der Waals surface area (Å²) in [6.45, 7) is 2.32. The van der Waals surface area contributed by atoms with Crippen molar-refractivity contribution in [1.29, 1.82) is 0 Å². The molecule has 16 heavy (non-hydrogen) atoms. The first kappa shape index (κ1) is 13.4. The number of sulfone groups is 1. The molecule has 1 fully saturated rings. The number of carbonyl (C=O) groups excluding carboxylic acids is 1. The van der Waals surface area contributed by atoms with Crippen molar-refractivity contribution in [3.63, 3.8) is 0 Å². The van der Waals surface area contributed by atoms with E-state index < -0.39 is 32.9 Å². The molecule has 1 aliphatic rings. The molecule has 0 amide bonds. The van der Waals surface area contributed by atoms with E-state index in [0.717, 1.165) is 0 Å². The van der Waals surface area contributed by atoms with Crippen LogP contribution in [0.5, 0.6) is 0 Å². The minimum Gasteiger partial charge on any atom is -0.465 e. The lowest BCUT2D eigenvalue weighted by molar-refractivity contribution is -0.139. The number of carbonyl (C=O) groups is 1. The highest BCUT2D eigenvalue weighted by Crippen LogP contribution is 2.15. The number of hydrogen-bond acceptors (Lipinski definition) is 6. The maximum absolute atomic E-state index is 11.8. The van der Waals surface area contributed by atoms with Gasteiger partial charge in [0.25, 0.3) is 0 Å². The third kappa shape index (κ3) is 3.43. The first-order valence-corrected chi connectivity index (χ1v) is 6.89. The van der Waals surface area contributed by atoms with Crippen LogP contribution >= 0.6 is 0 Å². The Morgan fingerprint density at radius 3 is 2.81 bits per heavy atom. The molecular formula is C9H17NO5S. The van der Waals surface area contributed by atoms with E-state index in [0.29, 0.717) is 13.0 Å². The first-order valence-electron chi connectivity index (χ1n) is 5.18. The van der Waals surface area contributed by atoms with Crippen LogP contribution < -0.4 is 5.73 Å². The van der Waals surface area contributed by atoms with E-state index in [4.69, 9.17) is 10.5 Å². The molecule has 94 valence electrons. The lowest BCUT2D eigenvalue weighted by Crippen LogP contribution is -2.49. The van der Waals surface area contributed by atoms with Crippen molar-refractivity contribution in [3.8, 4) is 0 Å². The molecule has 0 aromatic carbocycles. The maximum Gasteiger partial charge on any atom is 0.321 e. The van der Waals surface area contributed by atoms with Crippen molar-refractivity contribution >= 4 is 15.8 Å². The summed E-state index contributed by atoms with van der Waals surface area (Å²) in [7, 11) is -3.58. The molecular weight excluding hydrogens is 234 g/mol. The fourth-order valence-corrected chi connectivity index (χ4v) is 3.17. The quantitative estimate of drug-likeness (QED) is 0.649. The third-order valence-corrected chi connectivity index (χ3v) is 4.49. The Morgan fingerprint density at radius 1 is 1.56 bits per heavy atom. The van der Waals surface area contributed by atoms with Crippen LogP contribution in [0.1, 0.15) is 13.3 Å². The Hall–Kier alpha value is -0.660. The highest BCUT2D eigenvalue weighted by atomic mass is 32.2. The number of rotatable bonds is 4. The maximum atomic E-state index is 11.8. The van der Waals surface area contributed by atoms with Gasteiger partial charge in [-0.2, -0.15) is 0 Å². The molecule has 1 rings (SSSR count). The van der Waals surface area contributed by atoms with Gasteiger partial charge in [-0.15, -0.1) is 0 Å². The van der Waals surface area contributed by atoms with Gasteiger partial charge in [0.15, 0.2) is 9.84 Å². The van der Waals surface area contributed by atoms with E-state index in [9.17, 15) is 13.2 Å². The summed E-state index contributed by atoms with van der Waals surface area (Å²) in [6.07, 6.45) is 0.493. The summed E-state index contributed by atoms with van der Waals surface area (Å²) >= 11 is 0. The molecule has 0 aromatic heterocycles. The SMILES string of the molecule is CCOC(=O)CS(=O)(=O)C1COCCC1N. The van der Waals surface area contributed by atoms with Gasteiger partial charge in [-0.25, -0.2) is 8.42 Å². The van der Waals surface area contributed by atoms with Crippen molar-refractivity contribution in [1.82, 2.24) is 0 Å². The predicted molar refractivity (Wildman–Crippen MR) is 57.6 cm³/mol. The van der Waals surface area contributed by atoms with Gasteiger partial charge in [-0.05, 0) is 13.3 Å². The normalized spacial score (nSPS) is 26.4. The second kappa shape index (κ2) is 5.60. The highest BCUT2D eigenvalue weighted by Gasteiger charge is 2.35. The van der Waals surface area contributed by atoms with Gasteiger partial charge in [0.2, 0.25) is 0 Å². The fraction of sp³-hybridized carbons (Fsp3) is 0.889. The molecule has 0 bridgehead atoms. The summed E-state index contributed by atoms with van der Waals surface area (Å²) in [4.78, 5) is 11.1. The second-order valence-electron chi connectivity index (χ2n) is 3.68. The number of nitrogens with two attached hydrogens (primary N) is 1. The summed E-state index contributed by atoms with van der Waals surface area (Å²) in [5, 5.41) is -0.800. The van der Waals surface area contributed by atoms with E-state index in [1.165, 1.54) is 0 Å². The first-order chi connectivity index (χ1) is 7.47. The smallest absolute Gasteiger partial charge is 0.321 e. The lowest BCUT2D eigenvalue weighted by Gasteiger charge is -2.27. The van der Waals surface area contributed by atoms with Crippen LogP contribution in [0.25, 0.3) is 0 Å². The van der Waals surface area contributed by atoms with E-state index in [2.05, 4.69) is 4.74 Å². The number of esters is 1. The minimum atomic E-state index is -3.58. The highest BCUT2D eigenvalue weighted by molar-refractivity contribution is 7.92. The Morgan fingerprint density at radius 2 is 2.25 bits per heavy atom.